The van der Waals surface area contributed by atoms with Gasteiger partial charge in [-0.05, 0) is 81.4 Å². The zero-order valence-corrected chi connectivity index (χ0v) is 15.1. The predicted molar refractivity (Wildman–Crippen MR) is 95.1 cm³/mol. The molecule has 0 radical (unpaired) electrons. The van der Waals surface area contributed by atoms with E-state index in [1.54, 1.807) is 0 Å². The smallest absolute Gasteiger partial charge is 0.155 e. The van der Waals surface area contributed by atoms with Gasteiger partial charge in [-0.25, -0.2) is 0 Å². The van der Waals surface area contributed by atoms with E-state index in [9.17, 15) is 9.90 Å². The van der Waals surface area contributed by atoms with Gasteiger partial charge in [-0.15, -0.1) is 5.92 Å². The second-order valence-corrected chi connectivity index (χ2v) is 8.76. The fourth-order valence-electron chi connectivity index (χ4n) is 6.21. The third kappa shape index (κ3) is 1.91. The van der Waals surface area contributed by atoms with Crippen LogP contribution in [0.5, 0.6) is 0 Å². The summed E-state index contributed by atoms with van der Waals surface area (Å²) in [6, 6.07) is 0. The Bertz CT molecular complexity index is 714. The Morgan fingerprint density at radius 3 is 2.75 bits per heavy atom. The third-order valence-corrected chi connectivity index (χ3v) is 7.81. The normalized spacial score (nSPS) is 46.8. The molecule has 128 valence electrons. The van der Waals surface area contributed by atoms with Crippen molar-refractivity contribution in [3.63, 3.8) is 0 Å². The molecule has 0 heterocycles. The van der Waals surface area contributed by atoms with E-state index in [1.807, 2.05) is 19.9 Å². The molecule has 2 saturated carbocycles. The average Bonchev–Trinajstić information content (AvgIpc) is 2.78. The summed E-state index contributed by atoms with van der Waals surface area (Å²) in [6.07, 6.45) is 10.8. The summed E-state index contributed by atoms with van der Waals surface area (Å²) in [5.41, 5.74) is 1.95. The van der Waals surface area contributed by atoms with Gasteiger partial charge in [0.15, 0.2) is 5.78 Å². The Balaban J connectivity index is 1.83. The first-order chi connectivity index (χ1) is 11.3. The molecule has 1 N–H and O–H groups in total. The lowest BCUT2D eigenvalue weighted by Crippen LogP contribution is -2.49. The van der Waals surface area contributed by atoms with E-state index in [1.165, 1.54) is 11.1 Å². The minimum Gasteiger partial charge on any atom is -0.390 e. The van der Waals surface area contributed by atoms with Crippen molar-refractivity contribution in [3.05, 3.63) is 23.3 Å². The van der Waals surface area contributed by atoms with Crippen molar-refractivity contribution in [3.8, 4) is 11.8 Å². The quantitative estimate of drug-likeness (QED) is 0.536. The maximum Gasteiger partial charge on any atom is 0.155 e. The molecule has 0 saturated heterocycles. The molecule has 4 aliphatic carbocycles. The van der Waals surface area contributed by atoms with E-state index < -0.39 is 5.60 Å². The molecule has 0 amide bonds. The number of hydrogen-bond acceptors (Lipinski definition) is 2. The summed E-state index contributed by atoms with van der Waals surface area (Å²) in [5.74, 6) is 8.03. The van der Waals surface area contributed by atoms with Crippen molar-refractivity contribution in [2.75, 3.05) is 0 Å². The van der Waals surface area contributed by atoms with Gasteiger partial charge in [0.25, 0.3) is 0 Å². The van der Waals surface area contributed by atoms with Crippen LogP contribution in [0.15, 0.2) is 23.3 Å². The van der Waals surface area contributed by atoms with E-state index in [0.29, 0.717) is 18.3 Å². The number of ketones is 1. The van der Waals surface area contributed by atoms with E-state index in [4.69, 9.17) is 0 Å². The standard InChI is InChI=1S/C22H28O2/c1-4-10-22-13-7-16(23)14-15(22)5-6-17-18-9-12-21(3,24)20(18,2)11-8-19(17)22/h8,14,17-18,24H,5-7,9,11-13H2,1-3H3/t17-,18-,20-,21-,22-/m0/s1. The molecular formula is C22H28O2. The molecule has 5 atom stereocenters. The molecule has 2 heteroatoms. The van der Waals surface area contributed by atoms with E-state index in [0.717, 1.165) is 38.5 Å². The van der Waals surface area contributed by atoms with Crippen LogP contribution in [0.3, 0.4) is 0 Å². The van der Waals surface area contributed by atoms with Crippen LogP contribution in [0.25, 0.3) is 0 Å². The van der Waals surface area contributed by atoms with E-state index in [-0.39, 0.29) is 16.6 Å². The minimum absolute atomic E-state index is 0.0201. The fraction of sp³-hybridized carbons (Fsp3) is 0.682. The lowest BCUT2D eigenvalue weighted by atomic mass is 9.50. The molecule has 0 unspecified atom stereocenters. The molecule has 0 aromatic rings. The predicted octanol–water partition coefficient (Wildman–Crippen LogP) is 4.19. The zero-order chi connectivity index (χ0) is 17.2. The van der Waals surface area contributed by atoms with Crippen molar-refractivity contribution < 1.29 is 9.90 Å². The van der Waals surface area contributed by atoms with E-state index >= 15 is 0 Å². The topological polar surface area (TPSA) is 37.3 Å². The SMILES string of the molecule is CC#C[C@]12CCC(=O)C=C1CC[C@@H]1C2=CC[C@@]2(C)[C@H]1CC[C@]2(C)O. The molecule has 0 spiro atoms. The molecule has 2 fully saturated rings. The first-order valence-corrected chi connectivity index (χ1v) is 9.45. The fourth-order valence-corrected chi connectivity index (χ4v) is 6.21. The van der Waals surface area contributed by atoms with Gasteiger partial charge < -0.3 is 5.11 Å². The average molecular weight is 324 g/mol. The van der Waals surface area contributed by atoms with Crippen molar-refractivity contribution in [1.29, 1.82) is 0 Å². The van der Waals surface area contributed by atoms with Gasteiger partial charge in [0, 0.05) is 11.8 Å². The summed E-state index contributed by atoms with van der Waals surface area (Å²) < 4.78 is 0. The number of aliphatic hydroxyl groups is 1. The zero-order valence-electron chi connectivity index (χ0n) is 15.1. The first kappa shape index (κ1) is 16.2. The molecule has 4 aliphatic rings. The maximum absolute atomic E-state index is 12.0. The number of carbonyl (C=O) groups is 1. The minimum atomic E-state index is -0.568. The van der Waals surface area contributed by atoms with Gasteiger partial charge in [0.1, 0.15) is 0 Å². The molecule has 0 aromatic heterocycles. The van der Waals surface area contributed by atoms with Crippen LogP contribution in [-0.4, -0.2) is 16.5 Å². The number of hydrogen-bond donors (Lipinski definition) is 1. The molecule has 0 bridgehead atoms. The lowest BCUT2D eigenvalue weighted by molar-refractivity contribution is -0.115. The first-order valence-electron chi connectivity index (χ1n) is 9.45. The van der Waals surface area contributed by atoms with Crippen LogP contribution in [0, 0.1) is 34.5 Å². The molecule has 0 aliphatic heterocycles. The van der Waals surface area contributed by atoms with Crippen molar-refractivity contribution in [2.45, 2.75) is 71.3 Å². The number of carbonyl (C=O) groups excluding carboxylic acids is 1. The summed E-state index contributed by atoms with van der Waals surface area (Å²) >= 11 is 0. The number of allylic oxidation sites excluding steroid dienone is 4. The Hall–Kier alpha value is -1.33. The van der Waals surface area contributed by atoms with Gasteiger partial charge in [-0.1, -0.05) is 18.9 Å². The highest BCUT2D eigenvalue weighted by Crippen LogP contribution is 2.65. The van der Waals surface area contributed by atoms with Crippen molar-refractivity contribution >= 4 is 5.78 Å². The van der Waals surface area contributed by atoms with E-state index in [2.05, 4.69) is 24.8 Å². The Labute approximate surface area is 145 Å². The molecule has 0 aromatic carbocycles. The monoisotopic (exact) mass is 324 g/mol. The van der Waals surface area contributed by atoms with Crippen LogP contribution in [-0.2, 0) is 4.79 Å². The van der Waals surface area contributed by atoms with Crippen LogP contribution in [0.1, 0.15) is 65.7 Å². The van der Waals surface area contributed by atoms with Crippen LogP contribution in [0.2, 0.25) is 0 Å². The van der Waals surface area contributed by atoms with Gasteiger partial charge >= 0.3 is 0 Å². The molecule has 4 rings (SSSR count). The highest BCUT2D eigenvalue weighted by molar-refractivity contribution is 5.92. The lowest BCUT2D eigenvalue weighted by Gasteiger charge is -2.53. The number of rotatable bonds is 0. The summed E-state index contributed by atoms with van der Waals surface area (Å²) in [6.45, 7) is 6.23. The van der Waals surface area contributed by atoms with Crippen LogP contribution < -0.4 is 0 Å². The summed E-state index contributed by atoms with van der Waals surface area (Å²) in [7, 11) is 0. The van der Waals surface area contributed by atoms with Crippen molar-refractivity contribution in [2.24, 2.45) is 22.7 Å². The Morgan fingerprint density at radius 1 is 1.21 bits per heavy atom. The second-order valence-electron chi connectivity index (χ2n) is 8.76. The summed E-state index contributed by atoms with van der Waals surface area (Å²) in [4.78, 5) is 12.0. The highest BCUT2D eigenvalue weighted by atomic mass is 16.3. The van der Waals surface area contributed by atoms with Gasteiger partial charge in [-0.2, -0.15) is 0 Å². The van der Waals surface area contributed by atoms with Gasteiger partial charge in [0.2, 0.25) is 0 Å². The highest BCUT2D eigenvalue weighted by Gasteiger charge is 2.60. The molecule has 2 nitrogen and oxygen atoms in total. The molecule has 24 heavy (non-hydrogen) atoms. The Morgan fingerprint density at radius 2 is 2.00 bits per heavy atom. The number of fused-ring (bicyclic) bond motifs is 5. The van der Waals surface area contributed by atoms with Crippen molar-refractivity contribution in [1.82, 2.24) is 0 Å². The van der Waals surface area contributed by atoms with Crippen LogP contribution >= 0.6 is 0 Å². The third-order valence-electron chi connectivity index (χ3n) is 7.81. The van der Waals surface area contributed by atoms with Gasteiger partial charge in [0.05, 0.1) is 11.0 Å². The van der Waals surface area contributed by atoms with Crippen LogP contribution in [0.4, 0.5) is 0 Å². The Kier molecular flexibility index (Phi) is 3.42. The second kappa shape index (κ2) is 5.09. The largest absolute Gasteiger partial charge is 0.390 e. The van der Waals surface area contributed by atoms with Gasteiger partial charge in [-0.3, -0.25) is 4.79 Å². The summed E-state index contributed by atoms with van der Waals surface area (Å²) in [5, 5.41) is 11.0. The maximum atomic E-state index is 12.0. The molecular weight excluding hydrogens is 296 g/mol.